The van der Waals surface area contributed by atoms with Gasteiger partial charge >= 0.3 is 0 Å². The summed E-state index contributed by atoms with van der Waals surface area (Å²) in [5.41, 5.74) is 0.781. The predicted octanol–water partition coefficient (Wildman–Crippen LogP) is 2.12. The third-order valence-electron chi connectivity index (χ3n) is 4.28. The van der Waals surface area contributed by atoms with Crippen molar-refractivity contribution < 1.29 is 14.6 Å². The van der Waals surface area contributed by atoms with Crippen LogP contribution in [0.15, 0.2) is 30.3 Å². The molecule has 1 aromatic carbocycles. The summed E-state index contributed by atoms with van der Waals surface area (Å²) in [6.45, 7) is 7.90. The Kier molecular flexibility index (Phi) is 7.69. The Balaban J connectivity index is 1.56. The van der Waals surface area contributed by atoms with Crippen molar-refractivity contribution in [3.05, 3.63) is 35.9 Å². The zero-order chi connectivity index (χ0) is 17.4. The molecule has 0 bridgehead atoms. The van der Waals surface area contributed by atoms with Crippen molar-refractivity contribution in [2.75, 3.05) is 26.2 Å². The van der Waals surface area contributed by atoms with Crippen molar-refractivity contribution in [1.29, 1.82) is 0 Å². The van der Waals surface area contributed by atoms with E-state index >= 15 is 0 Å². The quantitative estimate of drug-likeness (QED) is 0.715. The van der Waals surface area contributed by atoms with Crippen molar-refractivity contribution in [2.24, 2.45) is 0 Å². The standard InChI is InChI=1S/C19H30N2O3/c1-15-13-21(14-16(2)24-15)11-7-6-10-20-19(23)12-18(22)17-8-4-3-5-9-17/h3-5,8-9,15-16,18,22H,6-7,10-14H2,1-2H3,(H,20,23). The third kappa shape index (κ3) is 6.59. The normalized spacial score (nSPS) is 23.0. The summed E-state index contributed by atoms with van der Waals surface area (Å²) < 4.78 is 5.73. The highest BCUT2D eigenvalue weighted by Crippen LogP contribution is 2.15. The van der Waals surface area contributed by atoms with Gasteiger partial charge in [0.25, 0.3) is 0 Å². The maximum absolute atomic E-state index is 11.9. The van der Waals surface area contributed by atoms with Gasteiger partial charge in [-0.1, -0.05) is 30.3 Å². The Morgan fingerprint density at radius 1 is 1.25 bits per heavy atom. The molecule has 0 radical (unpaired) electrons. The number of nitrogens with one attached hydrogen (secondary N) is 1. The molecule has 0 spiro atoms. The molecule has 2 rings (SSSR count). The lowest BCUT2D eigenvalue weighted by molar-refractivity contribution is -0.123. The Morgan fingerprint density at radius 2 is 1.92 bits per heavy atom. The molecule has 1 heterocycles. The molecule has 3 unspecified atom stereocenters. The molecule has 1 amide bonds. The number of hydrogen-bond acceptors (Lipinski definition) is 4. The lowest BCUT2D eigenvalue weighted by atomic mass is 10.1. The van der Waals surface area contributed by atoms with Crippen LogP contribution in [0.3, 0.4) is 0 Å². The number of hydrogen-bond donors (Lipinski definition) is 2. The fraction of sp³-hybridized carbons (Fsp3) is 0.632. The van der Waals surface area contributed by atoms with E-state index in [2.05, 4.69) is 24.1 Å². The van der Waals surface area contributed by atoms with Gasteiger partial charge in [-0.05, 0) is 38.8 Å². The molecule has 1 aromatic rings. The average Bonchev–Trinajstić information content (AvgIpc) is 2.54. The van der Waals surface area contributed by atoms with Gasteiger partial charge in [0.1, 0.15) is 0 Å². The second kappa shape index (κ2) is 9.77. The molecule has 5 nitrogen and oxygen atoms in total. The number of unbranched alkanes of at least 4 members (excludes halogenated alkanes) is 1. The summed E-state index contributed by atoms with van der Waals surface area (Å²) >= 11 is 0. The zero-order valence-electron chi connectivity index (χ0n) is 14.8. The molecule has 0 aromatic heterocycles. The highest BCUT2D eigenvalue weighted by atomic mass is 16.5. The van der Waals surface area contributed by atoms with E-state index in [1.165, 1.54) is 0 Å². The van der Waals surface area contributed by atoms with Crippen LogP contribution in [0.4, 0.5) is 0 Å². The van der Waals surface area contributed by atoms with Gasteiger partial charge in [-0.2, -0.15) is 0 Å². The first kappa shape index (κ1) is 18.9. The van der Waals surface area contributed by atoms with Crippen LogP contribution in [-0.4, -0.2) is 54.3 Å². The first-order chi connectivity index (χ1) is 11.5. The van der Waals surface area contributed by atoms with E-state index in [9.17, 15) is 9.90 Å². The van der Waals surface area contributed by atoms with E-state index in [1.54, 1.807) is 0 Å². The minimum atomic E-state index is -0.734. The zero-order valence-corrected chi connectivity index (χ0v) is 14.8. The van der Waals surface area contributed by atoms with E-state index in [0.29, 0.717) is 18.8 Å². The van der Waals surface area contributed by atoms with E-state index in [0.717, 1.165) is 38.0 Å². The number of carbonyl (C=O) groups is 1. The molecule has 1 fully saturated rings. The number of ether oxygens (including phenoxy) is 1. The molecule has 0 aliphatic carbocycles. The largest absolute Gasteiger partial charge is 0.388 e. The molecule has 1 saturated heterocycles. The van der Waals surface area contributed by atoms with Crippen LogP contribution in [0, 0.1) is 0 Å². The number of benzene rings is 1. The van der Waals surface area contributed by atoms with E-state index in [4.69, 9.17) is 4.74 Å². The van der Waals surface area contributed by atoms with Gasteiger partial charge in [-0.15, -0.1) is 0 Å². The van der Waals surface area contributed by atoms with Crippen LogP contribution in [0.2, 0.25) is 0 Å². The van der Waals surface area contributed by atoms with E-state index < -0.39 is 6.10 Å². The van der Waals surface area contributed by atoms with Crippen molar-refractivity contribution in [1.82, 2.24) is 10.2 Å². The maximum atomic E-state index is 11.9. The Labute approximate surface area is 145 Å². The molecule has 5 heteroatoms. The molecule has 24 heavy (non-hydrogen) atoms. The molecular formula is C19H30N2O3. The summed E-state index contributed by atoms with van der Waals surface area (Å²) in [5.74, 6) is -0.0972. The molecule has 1 aliphatic heterocycles. The first-order valence-corrected chi connectivity index (χ1v) is 8.92. The molecular weight excluding hydrogens is 304 g/mol. The van der Waals surface area contributed by atoms with Crippen LogP contribution in [0.1, 0.15) is 44.8 Å². The summed E-state index contributed by atoms with van der Waals surface area (Å²) in [6.07, 6.45) is 1.99. The van der Waals surface area contributed by atoms with Gasteiger partial charge in [-0.25, -0.2) is 0 Å². The number of rotatable bonds is 8. The van der Waals surface area contributed by atoms with E-state index in [-0.39, 0.29) is 12.3 Å². The Hall–Kier alpha value is -1.43. The molecule has 2 N–H and O–H groups in total. The first-order valence-electron chi connectivity index (χ1n) is 8.92. The van der Waals surface area contributed by atoms with Gasteiger partial charge in [-0.3, -0.25) is 9.69 Å². The topological polar surface area (TPSA) is 61.8 Å². The summed E-state index contributed by atoms with van der Waals surface area (Å²) in [5, 5.41) is 12.9. The van der Waals surface area contributed by atoms with Crippen molar-refractivity contribution in [2.45, 2.75) is 51.4 Å². The Bertz CT molecular complexity index is 485. The van der Waals surface area contributed by atoms with Crippen LogP contribution >= 0.6 is 0 Å². The SMILES string of the molecule is CC1CN(CCCCNC(=O)CC(O)c2ccccc2)CC(C)O1. The number of amides is 1. The van der Waals surface area contributed by atoms with Crippen molar-refractivity contribution in [3.8, 4) is 0 Å². The lowest BCUT2D eigenvalue weighted by Gasteiger charge is -2.35. The molecule has 1 aliphatic rings. The highest BCUT2D eigenvalue weighted by Gasteiger charge is 2.21. The average molecular weight is 334 g/mol. The Morgan fingerprint density at radius 3 is 2.58 bits per heavy atom. The van der Waals surface area contributed by atoms with Gasteiger partial charge in [0.05, 0.1) is 24.7 Å². The lowest BCUT2D eigenvalue weighted by Crippen LogP contribution is -2.45. The highest BCUT2D eigenvalue weighted by molar-refractivity contribution is 5.76. The van der Waals surface area contributed by atoms with Gasteiger partial charge < -0.3 is 15.2 Å². The smallest absolute Gasteiger partial charge is 0.222 e. The van der Waals surface area contributed by atoms with Crippen LogP contribution in [0.5, 0.6) is 0 Å². The number of aliphatic hydroxyl groups excluding tert-OH is 1. The van der Waals surface area contributed by atoms with Crippen LogP contribution in [0.25, 0.3) is 0 Å². The minimum Gasteiger partial charge on any atom is -0.388 e. The number of nitrogens with zero attached hydrogens (tertiary/aromatic N) is 1. The van der Waals surface area contributed by atoms with Crippen molar-refractivity contribution in [3.63, 3.8) is 0 Å². The summed E-state index contributed by atoms with van der Waals surface area (Å²) in [7, 11) is 0. The second-order valence-electron chi connectivity index (χ2n) is 6.70. The third-order valence-corrected chi connectivity index (χ3v) is 4.28. The monoisotopic (exact) mass is 334 g/mol. The molecule has 134 valence electrons. The molecule has 0 saturated carbocycles. The number of aliphatic hydroxyl groups is 1. The summed E-state index contributed by atoms with van der Waals surface area (Å²) in [4.78, 5) is 14.3. The number of morpholine rings is 1. The number of carbonyl (C=O) groups excluding carboxylic acids is 1. The predicted molar refractivity (Wildman–Crippen MR) is 94.7 cm³/mol. The minimum absolute atomic E-state index is 0.0972. The fourth-order valence-corrected chi connectivity index (χ4v) is 3.20. The van der Waals surface area contributed by atoms with Crippen molar-refractivity contribution >= 4 is 5.91 Å². The summed E-state index contributed by atoms with van der Waals surface area (Å²) in [6, 6.07) is 9.30. The van der Waals surface area contributed by atoms with Crippen LogP contribution < -0.4 is 5.32 Å². The molecule has 3 atom stereocenters. The van der Waals surface area contributed by atoms with Gasteiger partial charge in [0, 0.05) is 19.6 Å². The van der Waals surface area contributed by atoms with Gasteiger partial charge in [0.2, 0.25) is 5.91 Å². The second-order valence-corrected chi connectivity index (χ2v) is 6.70. The maximum Gasteiger partial charge on any atom is 0.222 e. The van der Waals surface area contributed by atoms with Crippen LogP contribution in [-0.2, 0) is 9.53 Å². The fourth-order valence-electron chi connectivity index (χ4n) is 3.20. The van der Waals surface area contributed by atoms with E-state index in [1.807, 2.05) is 30.3 Å². The van der Waals surface area contributed by atoms with Gasteiger partial charge in [0.15, 0.2) is 0 Å².